The SMILES string of the molecule is Cc1ccc(Nc2c(NCc3cnc(Cl)s3)cccc2C(=O)O)cc1. The molecular formula is C18H16ClN3O2S. The maximum Gasteiger partial charge on any atom is 0.337 e. The number of halogens is 1. The lowest BCUT2D eigenvalue weighted by Gasteiger charge is -2.16. The Bertz CT molecular complexity index is 894. The standard InChI is InChI=1S/C18H16ClN3O2S/c1-11-5-7-12(8-6-11)22-16-14(17(23)24)3-2-4-15(16)20-9-13-10-21-18(19)25-13/h2-8,10,20,22H,9H2,1H3,(H,23,24). The second kappa shape index (κ2) is 7.55. The van der Waals surface area contributed by atoms with Crippen LogP contribution in [0.3, 0.4) is 0 Å². The fourth-order valence-corrected chi connectivity index (χ4v) is 3.26. The molecule has 0 bridgehead atoms. The molecule has 0 aliphatic rings. The minimum absolute atomic E-state index is 0.202. The average molecular weight is 374 g/mol. The van der Waals surface area contributed by atoms with Crippen LogP contribution in [0.1, 0.15) is 20.8 Å². The van der Waals surface area contributed by atoms with Gasteiger partial charge in [0, 0.05) is 16.8 Å². The number of aromatic nitrogens is 1. The van der Waals surface area contributed by atoms with Gasteiger partial charge < -0.3 is 15.7 Å². The van der Waals surface area contributed by atoms with Gasteiger partial charge >= 0.3 is 5.97 Å². The third-order valence-corrected chi connectivity index (χ3v) is 4.71. The molecule has 2 aromatic carbocycles. The second-order valence-corrected chi connectivity index (χ2v) is 7.15. The first-order valence-electron chi connectivity index (χ1n) is 7.57. The molecule has 5 nitrogen and oxygen atoms in total. The van der Waals surface area contributed by atoms with Crippen molar-refractivity contribution in [3.05, 3.63) is 69.1 Å². The zero-order valence-corrected chi connectivity index (χ0v) is 15.0. The highest BCUT2D eigenvalue weighted by atomic mass is 35.5. The molecule has 7 heteroatoms. The summed E-state index contributed by atoms with van der Waals surface area (Å²) in [7, 11) is 0. The molecule has 0 fully saturated rings. The Kier molecular flexibility index (Phi) is 5.21. The first kappa shape index (κ1) is 17.3. The molecule has 1 aromatic heterocycles. The lowest BCUT2D eigenvalue weighted by Crippen LogP contribution is -2.07. The number of hydrogen-bond acceptors (Lipinski definition) is 5. The van der Waals surface area contributed by atoms with E-state index in [4.69, 9.17) is 11.6 Å². The molecule has 0 spiro atoms. The van der Waals surface area contributed by atoms with E-state index in [1.165, 1.54) is 11.3 Å². The van der Waals surface area contributed by atoms with Crippen molar-refractivity contribution in [3.63, 3.8) is 0 Å². The van der Waals surface area contributed by atoms with E-state index in [0.717, 1.165) is 16.1 Å². The van der Waals surface area contributed by atoms with Gasteiger partial charge in [-0.15, -0.1) is 11.3 Å². The topological polar surface area (TPSA) is 74.2 Å². The van der Waals surface area contributed by atoms with E-state index >= 15 is 0 Å². The summed E-state index contributed by atoms with van der Waals surface area (Å²) in [5, 5.41) is 16.0. The number of nitrogens with zero attached hydrogens (tertiary/aromatic N) is 1. The molecule has 3 aromatic rings. The average Bonchev–Trinajstić information content (AvgIpc) is 3.01. The number of aromatic carboxylic acids is 1. The predicted octanol–water partition coefficient (Wildman–Crippen LogP) is 5.16. The van der Waals surface area contributed by atoms with E-state index in [-0.39, 0.29) is 5.56 Å². The minimum Gasteiger partial charge on any atom is -0.478 e. The Hall–Kier alpha value is -2.57. The van der Waals surface area contributed by atoms with Crippen molar-refractivity contribution >= 4 is 46.0 Å². The molecule has 0 unspecified atom stereocenters. The quantitative estimate of drug-likeness (QED) is 0.556. The summed E-state index contributed by atoms with van der Waals surface area (Å²) in [4.78, 5) is 16.6. The third kappa shape index (κ3) is 4.29. The number of benzene rings is 2. The summed E-state index contributed by atoms with van der Waals surface area (Å²) in [6.07, 6.45) is 1.70. The smallest absolute Gasteiger partial charge is 0.337 e. The first-order valence-corrected chi connectivity index (χ1v) is 8.76. The molecule has 0 atom stereocenters. The van der Waals surface area contributed by atoms with E-state index < -0.39 is 5.97 Å². The number of rotatable bonds is 6. The van der Waals surface area contributed by atoms with Crippen LogP contribution in [0.15, 0.2) is 48.7 Å². The maximum atomic E-state index is 11.6. The number of anilines is 3. The fraction of sp³-hybridized carbons (Fsp3) is 0.111. The van der Waals surface area contributed by atoms with Gasteiger partial charge in [-0.05, 0) is 31.2 Å². The normalized spacial score (nSPS) is 10.5. The highest BCUT2D eigenvalue weighted by Crippen LogP contribution is 2.31. The Morgan fingerprint density at radius 3 is 2.64 bits per heavy atom. The molecule has 0 saturated heterocycles. The lowest BCUT2D eigenvalue weighted by molar-refractivity contribution is 0.0698. The molecule has 128 valence electrons. The molecule has 0 radical (unpaired) electrons. The highest BCUT2D eigenvalue weighted by Gasteiger charge is 2.14. The van der Waals surface area contributed by atoms with Crippen LogP contribution in [0.2, 0.25) is 4.47 Å². The number of para-hydroxylation sites is 1. The summed E-state index contributed by atoms with van der Waals surface area (Å²) in [5.74, 6) is -0.987. The van der Waals surface area contributed by atoms with Crippen molar-refractivity contribution in [2.75, 3.05) is 10.6 Å². The molecule has 25 heavy (non-hydrogen) atoms. The number of hydrogen-bond donors (Lipinski definition) is 3. The van der Waals surface area contributed by atoms with Gasteiger partial charge in [-0.1, -0.05) is 35.4 Å². The van der Waals surface area contributed by atoms with Crippen molar-refractivity contribution < 1.29 is 9.90 Å². The molecule has 1 heterocycles. The van der Waals surface area contributed by atoms with Crippen LogP contribution < -0.4 is 10.6 Å². The summed E-state index contributed by atoms with van der Waals surface area (Å²) in [6, 6.07) is 12.9. The van der Waals surface area contributed by atoms with Gasteiger partial charge in [0.25, 0.3) is 0 Å². The van der Waals surface area contributed by atoms with Crippen molar-refractivity contribution in [2.45, 2.75) is 13.5 Å². The van der Waals surface area contributed by atoms with Crippen molar-refractivity contribution in [1.29, 1.82) is 0 Å². The fourth-order valence-electron chi connectivity index (χ4n) is 2.34. The monoisotopic (exact) mass is 373 g/mol. The van der Waals surface area contributed by atoms with Gasteiger partial charge in [-0.25, -0.2) is 9.78 Å². The number of thiazole rings is 1. The summed E-state index contributed by atoms with van der Waals surface area (Å²) >= 11 is 7.23. The maximum absolute atomic E-state index is 11.6. The number of carbonyl (C=O) groups is 1. The summed E-state index contributed by atoms with van der Waals surface area (Å²) in [5.41, 5.74) is 3.38. The second-order valence-electron chi connectivity index (χ2n) is 5.46. The van der Waals surface area contributed by atoms with Crippen LogP contribution in [0, 0.1) is 6.92 Å². The molecule has 0 aliphatic heterocycles. The van der Waals surface area contributed by atoms with E-state index in [1.54, 1.807) is 18.3 Å². The third-order valence-electron chi connectivity index (χ3n) is 3.59. The molecular weight excluding hydrogens is 358 g/mol. The zero-order valence-electron chi connectivity index (χ0n) is 13.4. The molecule has 3 rings (SSSR count). The highest BCUT2D eigenvalue weighted by molar-refractivity contribution is 7.15. The van der Waals surface area contributed by atoms with Crippen LogP contribution >= 0.6 is 22.9 Å². The Labute approximate surface area is 154 Å². The van der Waals surface area contributed by atoms with E-state index in [2.05, 4.69) is 15.6 Å². The number of nitrogens with one attached hydrogen (secondary N) is 2. The molecule has 0 amide bonds. The molecule has 0 aliphatic carbocycles. The van der Waals surface area contributed by atoms with E-state index in [1.807, 2.05) is 37.3 Å². The summed E-state index contributed by atoms with van der Waals surface area (Å²) < 4.78 is 0.481. The largest absolute Gasteiger partial charge is 0.478 e. The van der Waals surface area contributed by atoms with Crippen molar-refractivity contribution in [2.24, 2.45) is 0 Å². The number of carboxylic acids is 1. The van der Waals surface area contributed by atoms with Crippen LogP contribution in [-0.2, 0) is 6.54 Å². The zero-order chi connectivity index (χ0) is 17.8. The van der Waals surface area contributed by atoms with E-state index in [0.29, 0.717) is 22.4 Å². The van der Waals surface area contributed by atoms with Gasteiger partial charge in [-0.2, -0.15) is 0 Å². The Morgan fingerprint density at radius 1 is 1.24 bits per heavy atom. The predicted molar refractivity (Wildman–Crippen MR) is 102 cm³/mol. The number of aryl methyl sites for hydroxylation is 1. The van der Waals surface area contributed by atoms with Gasteiger partial charge in [-0.3, -0.25) is 0 Å². The minimum atomic E-state index is -0.987. The Balaban J connectivity index is 1.89. The summed E-state index contributed by atoms with van der Waals surface area (Å²) in [6.45, 7) is 2.51. The molecule has 0 saturated carbocycles. The van der Waals surface area contributed by atoms with Crippen molar-refractivity contribution in [1.82, 2.24) is 4.98 Å². The lowest BCUT2D eigenvalue weighted by atomic mass is 10.1. The van der Waals surface area contributed by atoms with Crippen LogP contribution in [0.4, 0.5) is 17.1 Å². The van der Waals surface area contributed by atoms with Crippen LogP contribution in [0.25, 0.3) is 0 Å². The van der Waals surface area contributed by atoms with Gasteiger partial charge in [0.2, 0.25) is 0 Å². The van der Waals surface area contributed by atoms with Gasteiger partial charge in [0.05, 0.1) is 23.5 Å². The van der Waals surface area contributed by atoms with Crippen molar-refractivity contribution in [3.8, 4) is 0 Å². The van der Waals surface area contributed by atoms with Crippen LogP contribution in [-0.4, -0.2) is 16.1 Å². The van der Waals surface area contributed by atoms with Gasteiger partial charge in [0.1, 0.15) is 0 Å². The van der Waals surface area contributed by atoms with E-state index in [9.17, 15) is 9.90 Å². The Morgan fingerprint density at radius 2 is 2.00 bits per heavy atom. The first-order chi connectivity index (χ1) is 12.0. The van der Waals surface area contributed by atoms with Crippen LogP contribution in [0.5, 0.6) is 0 Å². The molecule has 3 N–H and O–H groups in total. The van der Waals surface area contributed by atoms with Gasteiger partial charge in [0.15, 0.2) is 4.47 Å². The number of carboxylic acid groups (broad SMARTS) is 1.